The Morgan fingerprint density at radius 3 is 2.75 bits per heavy atom. The quantitative estimate of drug-likeness (QED) is 0.484. The van der Waals surface area contributed by atoms with Crippen LogP contribution in [0, 0.1) is 18.3 Å². The van der Waals surface area contributed by atoms with Crippen LogP contribution in [-0.2, 0) is 0 Å². The molecule has 0 aliphatic rings. The van der Waals surface area contributed by atoms with Crippen LogP contribution in [0.4, 0.5) is 5.69 Å². The minimum Gasteiger partial charge on any atom is -0.194 e. The van der Waals surface area contributed by atoms with Crippen molar-refractivity contribution in [3.8, 4) is 6.07 Å². The third-order valence-corrected chi connectivity index (χ3v) is 1.58. The number of aliphatic imine (C=N–C) groups is 1. The van der Waals surface area contributed by atoms with Gasteiger partial charge in [-0.05, 0) is 42.9 Å². The van der Waals surface area contributed by atoms with E-state index in [1.54, 1.807) is 18.2 Å². The molecule has 12 heavy (non-hydrogen) atoms. The van der Waals surface area contributed by atoms with Crippen LogP contribution in [0.2, 0.25) is 0 Å². The molecular formula is C9H6N2S. The molecule has 58 valence electrons. The zero-order chi connectivity index (χ0) is 8.97. The van der Waals surface area contributed by atoms with Gasteiger partial charge in [-0.1, -0.05) is 0 Å². The maximum absolute atomic E-state index is 8.57. The Bertz CT molecular complexity index is 384. The maximum Gasteiger partial charge on any atom is 0.0991 e. The van der Waals surface area contributed by atoms with Gasteiger partial charge in [-0.3, -0.25) is 0 Å². The van der Waals surface area contributed by atoms with E-state index in [9.17, 15) is 0 Å². The van der Waals surface area contributed by atoms with Crippen molar-refractivity contribution in [3.63, 3.8) is 0 Å². The molecule has 0 atom stereocenters. The standard InChI is InChI=1S/C9H6N2S/c1-7-4-8(5-10)2-3-9(7)11-6-12/h2-4H,1H3. The van der Waals surface area contributed by atoms with Gasteiger partial charge < -0.3 is 0 Å². The highest BCUT2D eigenvalue weighted by atomic mass is 32.1. The Balaban J connectivity index is 3.22. The summed E-state index contributed by atoms with van der Waals surface area (Å²) in [4.78, 5) is 3.84. The summed E-state index contributed by atoms with van der Waals surface area (Å²) in [6, 6.07) is 7.28. The average molecular weight is 174 g/mol. The Morgan fingerprint density at radius 2 is 2.25 bits per heavy atom. The third-order valence-electron chi connectivity index (χ3n) is 1.49. The smallest absolute Gasteiger partial charge is 0.0991 e. The van der Waals surface area contributed by atoms with E-state index in [1.165, 1.54) is 0 Å². The van der Waals surface area contributed by atoms with Gasteiger partial charge in [0.1, 0.15) is 0 Å². The second kappa shape index (κ2) is 3.77. The Labute approximate surface area is 76.2 Å². The van der Waals surface area contributed by atoms with Gasteiger partial charge in [0.25, 0.3) is 0 Å². The third kappa shape index (κ3) is 1.76. The Kier molecular flexibility index (Phi) is 2.71. The predicted octanol–water partition coefficient (Wildman–Crippen LogP) is 2.60. The fraction of sp³-hybridized carbons (Fsp3) is 0.111. The second-order valence-corrected chi connectivity index (χ2v) is 2.50. The molecule has 0 radical (unpaired) electrons. The van der Waals surface area contributed by atoms with Gasteiger partial charge in [0, 0.05) is 0 Å². The van der Waals surface area contributed by atoms with Crippen LogP contribution in [0.5, 0.6) is 0 Å². The van der Waals surface area contributed by atoms with E-state index < -0.39 is 0 Å². The Hall–Kier alpha value is -1.49. The summed E-state index contributed by atoms with van der Waals surface area (Å²) in [5, 5.41) is 10.9. The van der Waals surface area contributed by atoms with Crippen LogP contribution < -0.4 is 0 Å². The van der Waals surface area contributed by atoms with Crippen LogP contribution in [0.3, 0.4) is 0 Å². The number of hydrogen-bond acceptors (Lipinski definition) is 3. The largest absolute Gasteiger partial charge is 0.194 e. The molecule has 0 aliphatic heterocycles. The van der Waals surface area contributed by atoms with Crippen molar-refractivity contribution in [2.24, 2.45) is 4.99 Å². The van der Waals surface area contributed by atoms with Crippen molar-refractivity contribution >= 4 is 23.1 Å². The average Bonchev–Trinajstić information content (AvgIpc) is 2.09. The monoisotopic (exact) mass is 174 g/mol. The lowest BCUT2D eigenvalue weighted by Crippen LogP contribution is -1.77. The van der Waals surface area contributed by atoms with Gasteiger partial charge in [0.05, 0.1) is 22.5 Å². The summed E-state index contributed by atoms with van der Waals surface area (Å²) < 4.78 is 0. The summed E-state index contributed by atoms with van der Waals surface area (Å²) in [6.45, 7) is 1.88. The van der Waals surface area contributed by atoms with Crippen LogP contribution >= 0.6 is 12.2 Å². The van der Waals surface area contributed by atoms with Gasteiger partial charge in [-0.15, -0.1) is 0 Å². The molecule has 0 fully saturated rings. The number of rotatable bonds is 1. The molecule has 0 aliphatic carbocycles. The topological polar surface area (TPSA) is 36.1 Å². The molecule has 0 saturated heterocycles. The molecule has 1 rings (SSSR count). The van der Waals surface area contributed by atoms with Crippen molar-refractivity contribution in [3.05, 3.63) is 29.3 Å². The summed E-state index contributed by atoms with van der Waals surface area (Å²) in [7, 11) is 0. The number of thiocarbonyl (C=S) groups is 1. The van der Waals surface area contributed by atoms with Crippen LogP contribution in [0.15, 0.2) is 23.2 Å². The van der Waals surface area contributed by atoms with E-state index in [0.717, 1.165) is 11.3 Å². The van der Waals surface area contributed by atoms with E-state index in [0.29, 0.717) is 5.56 Å². The van der Waals surface area contributed by atoms with Gasteiger partial charge in [0.15, 0.2) is 0 Å². The van der Waals surface area contributed by atoms with E-state index in [-0.39, 0.29) is 0 Å². The maximum atomic E-state index is 8.57. The normalized spacial score (nSPS) is 8.33. The molecule has 1 aromatic carbocycles. The van der Waals surface area contributed by atoms with Crippen molar-refractivity contribution in [2.75, 3.05) is 0 Å². The van der Waals surface area contributed by atoms with Crippen LogP contribution in [-0.4, -0.2) is 5.16 Å². The molecule has 0 aromatic heterocycles. The molecule has 1 aromatic rings. The van der Waals surface area contributed by atoms with Gasteiger partial charge in [-0.2, -0.15) is 10.3 Å². The number of isothiocyanates is 1. The minimum absolute atomic E-state index is 0.635. The summed E-state index contributed by atoms with van der Waals surface area (Å²) >= 11 is 4.47. The first kappa shape index (κ1) is 8.61. The first-order valence-electron chi connectivity index (χ1n) is 3.36. The molecule has 3 heteroatoms. The number of nitrogens with zero attached hydrogens (tertiary/aromatic N) is 2. The summed E-state index contributed by atoms with van der Waals surface area (Å²) in [6.07, 6.45) is 0. The highest BCUT2D eigenvalue weighted by Crippen LogP contribution is 2.18. The first-order chi connectivity index (χ1) is 5.77. The van der Waals surface area contributed by atoms with Crippen molar-refractivity contribution in [1.82, 2.24) is 0 Å². The van der Waals surface area contributed by atoms with Crippen LogP contribution in [0.1, 0.15) is 11.1 Å². The lowest BCUT2D eigenvalue weighted by molar-refractivity contribution is 1.38. The number of nitriles is 1. The Morgan fingerprint density at radius 1 is 1.50 bits per heavy atom. The fourth-order valence-electron chi connectivity index (χ4n) is 0.900. The minimum atomic E-state index is 0.635. The number of aryl methyl sites for hydroxylation is 1. The molecular weight excluding hydrogens is 168 g/mol. The van der Waals surface area contributed by atoms with Crippen molar-refractivity contribution < 1.29 is 0 Å². The molecule has 0 amide bonds. The number of hydrogen-bond donors (Lipinski definition) is 0. The van der Waals surface area contributed by atoms with Gasteiger partial charge in [-0.25, -0.2) is 0 Å². The molecule has 2 nitrogen and oxygen atoms in total. The van der Waals surface area contributed by atoms with Crippen molar-refractivity contribution in [2.45, 2.75) is 6.92 Å². The summed E-state index contributed by atoms with van der Waals surface area (Å²) in [5.41, 5.74) is 2.34. The molecule has 0 N–H and O–H groups in total. The first-order valence-corrected chi connectivity index (χ1v) is 3.77. The van der Waals surface area contributed by atoms with Crippen molar-refractivity contribution in [1.29, 1.82) is 5.26 Å². The van der Waals surface area contributed by atoms with Gasteiger partial charge >= 0.3 is 0 Å². The fourth-order valence-corrected chi connectivity index (χ4v) is 0.998. The zero-order valence-corrected chi connectivity index (χ0v) is 7.35. The zero-order valence-electron chi connectivity index (χ0n) is 6.53. The number of benzene rings is 1. The molecule has 0 unspecified atom stereocenters. The predicted molar refractivity (Wildman–Crippen MR) is 50.6 cm³/mol. The SMILES string of the molecule is Cc1cc(C#N)ccc1N=C=S. The molecule has 0 spiro atoms. The second-order valence-electron chi connectivity index (χ2n) is 2.32. The lowest BCUT2D eigenvalue weighted by atomic mass is 10.1. The van der Waals surface area contributed by atoms with Gasteiger partial charge in [0.2, 0.25) is 0 Å². The molecule has 0 heterocycles. The van der Waals surface area contributed by atoms with E-state index in [1.807, 2.05) is 13.0 Å². The van der Waals surface area contributed by atoms with E-state index >= 15 is 0 Å². The summed E-state index contributed by atoms with van der Waals surface area (Å²) in [5.74, 6) is 0. The molecule has 0 bridgehead atoms. The highest BCUT2D eigenvalue weighted by molar-refractivity contribution is 7.78. The highest BCUT2D eigenvalue weighted by Gasteiger charge is 1.96. The molecule has 0 saturated carbocycles. The van der Waals surface area contributed by atoms with E-state index in [2.05, 4.69) is 22.4 Å². The lowest BCUT2D eigenvalue weighted by Gasteiger charge is -1.96. The van der Waals surface area contributed by atoms with Crippen LogP contribution in [0.25, 0.3) is 0 Å². The van der Waals surface area contributed by atoms with E-state index in [4.69, 9.17) is 5.26 Å².